The summed E-state index contributed by atoms with van der Waals surface area (Å²) in [6.07, 6.45) is 4.33. The summed E-state index contributed by atoms with van der Waals surface area (Å²) in [6, 6.07) is 0. The second kappa shape index (κ2) is 6.28. The fourth-order valence-corrected chi connectivity index (χ4v) is 2.24. The first-order valence-electron chi connectivity index (χ1n) is 6.36. The van der Waals surface area contributed by atoms with Gasteiger partial charge in [-0.05, 0) is 25.0 Å². The van der Waals surface area contributed by atoms with Crippen molar-refractivity contribution in [1.29, 1.82) is 0 Å². The van der Waals surface area contributed by atoms with E-state index in [1.807, 2.05) is 6.92 Å². The van der Waals surface area contributed by atoms with Crippen molar-refractivity contribution in [1.82, 2.24) is 0 Å². The van der Waals surface area contributed by atoms with Gasteiger partial charge in [-0.1, -0.05) is 30.7 Å². The number of aliphatic hydroxyl groups excluding tert-OH is 3. The van der Waals surface area contributed by atoms with Crippen molar-refractivity contribution in [3.63, 3.8) is 0 Å². The second-order valence-corrected chi connectivity index (χ2v) is 5.22. The molecule has 0 heterocycles. The molecule has 1 rings (SSSR count). The maximum atomic E-state index is 11.8. The van der Waals surface area contributed by atoms with Gasteiger partial charge in [0, 0.05) is 11.8 Å². The number of allylic oxidation sites excluding steroid dienone is 4. The van der Waals surface area contributed by atoms with E-state index in [0.29, 0.717) is 11.1 Å². The molecule has 0 saturated heterocycles. The molecule has 0 aliphatic heterocycles. The van der Waals surface area contributed by atoms with E-state index in [-0.39, 0.29) is 25.4 Å². The van der Waals surface area contributed by atoms with Crippen LogP contribution in [-0.2, 0) is 4.79 Å². The summed E-state index contributed by atoms with van der Waals surface area (Å²) in [6.45, 7) is 5.03. The quantitative estimate of drug-likeness (QED) is 0.667. The minimum atomic E-state index is -0.879. The van der Waals surface area contributed by atoms with Crippen molar-refractivity contribution in [2.75, 3.05) is 13.2 Å². The van der Waals surface area contributed by atoms with Crippen molar-refractivity contribution < 1.29 is 20.1 Å². The van der Waals surface area contributed by atoms with Gasteiger partial charge >= 0.3 is 0 Å². The zero-order chi connectivity index (χ0) is 14.6. The number of hydrogen-bond donors (Lipinski definition) is 3. The minimum Gasteiger partial charge on any atom is -0.395 e. The third-order valence-corrected chi connectivity index (χ3v) is 3.81. The lowest BCUT2D eigenvalue weighted by molar-refractivity contribution is -0.121. The third-order valence-electron chi connectivity index (χ3n) is 3.81. The molecule has 0 aromatic rings. The molecule has 0 bridgehead atoms. The molecular weight excluding hydrogens is 244 g/mol. The van der Waals surface area contributed by atoms with Crippen molar-refractivity contribution in [3.8, 4) is 0 Å². The number of ketones is 1. The molecule has 1 aliphatic rings. The van der Waals surface area contributed by atoms with E-state index >= 15 is 0 Å². The highest BCUT2D eigenvalue weighted by Crippen LogP contribution is 2.39. The van der Waals surface area contributed by atoms with Gasteiger partial charge in [-0.2, -0.15) is 0 Å². The molecule has 0 fully saturated rings. The normalized spacial score (nSPS) is 29.5. The van der Waals surface area contributed by atoms with E-state index in [0.717, 1.165) is 5.57 Å². The topological polar surface area (TPSA) is 77.8 Å². The van der Waals surface area contributed by atoms with Gasteiger partial charge in [0.1, 0.15) is 0 Å². The monoisotopic (exact) mass is 266 g/mol. The Kier molecular flexibility index (Phi) is 5.23. The Hall–Kier alpha value is -1.23. The molecule has 106 valence electrons. The molecule has 3 N–H and O–H groups in total. The molecule has 4 nitrogen and oxygen atoms in total. The van der Waals surface area contributed by atoms with Gasteiger partial charge in [0.25, 0.3) is 0 Å². The standard InChI is InChI=1S/C15H22O4/c1-10(6-7-16)4-5-12-11(2)13(18)8-14(19)15(12,3)9-17/h4-6,14,16-17,19H,7-9H2,1-3H3/b5-4?,10-6+/t14-,15+/m0/s1. The maximum absolute atomic E-state index is 11.8. The van der Waals surface area contributed by atoms with E-state index in [1.54, 1.807) is 32.1 Å². The predicted octanol–water partition coefficient (Wildman–Crippen LogP) is 1.13. The van der Waals surface area contributed by atoms with E-state index in [9.17, 15) is 15.0 Å². The van der Waals surface area contributed by atoms with Gasteiger partial charge in [-0.3, -0.25) is 4.79 Å². The summed E-state index contributed by atoms with van der Waals surface area (Å²) in [5.74, 6) is -0.0955. The van der Waals surface area contributed by atoms with Crippen LogP contribution in [0.4, 0.5) is 0 Å². The first kappa shape index (κ1) is 15.8. The van der Waals surface area contributed by atoms with Gasteiger partial charge in [0.2, 0.25) is 0 Å². The van der Waals surface area contributed by atoms with E-state index < -0.39 is 11.5 Å². The molecule has 0 radical (unpaired) electrons. The summed E-state index contributed by atoms with van der Waals surface area (Å²) < 4.78 is 0. The van der Waals surface area contributed by atoms with E-state index in [2.05, 4.69) is 0 Å². The molecule has 0 aromatic carbocycles. The zero-order valence-corrected chi connectivity index (χ0v) is 11.7. The summed E-state index contributed by atoms with van der Waals surface area (Å²) >= 11 is 0. The smallest absolute Gasteiger partial charge is 0.161 e. The summed E-state index contributed by atoms with van der Waals surface area (Å²) in [5, 5.41) is 28.4. The maximum Gasteiger partial charge on any atom is 0.161 e. The van der Waals surface area contributed by atoms with Crippen LogP contribution < -0.4 is 0 Å². The third kappa shape index (κ3) is 3.21. The molecule has 0 unspecified atom stereocenters. The van der Waals surface area contributed by atoms with Crippen LogP contribution in [0.15, 0.2) is 34.9 Å². The number of aliphatic hydroxyl groups is 3. The zero-order valence-electron chi connectivity index (χ0n) is 11.7. The lowest BCUT2D eigenvalue weighted by Crippen LogP contribution is -2.43. The molecule has 2 atom stereocenters. The molecule has 0 saturated carbocycles. The molecule has 19 heavy (non-hydrogen) atoms. The summed E-state index contributed by atoms with van der Waals surface area (Å²) in [7, 11) is 0. The van der Waals surface area contributed by atoms with E-state index in [1.165, 1.54) is 0 Å². The van der Waals surface area contributed by atoms with Crippen molar-refractivity contribution in [3.05, 3.63) is 34.9 Å². The Morgan fingerprint density at radius 3 is 2.63 bits per heavy atom. The second-order valence-electron chi connectivity index (χ2n) is 5.22. The highest BCUT2D eigenvalue weighted by molar-refractivity contribution is 5.97. The number of hydrogen-bond acceptors (Lipinski definition) is 4. The van der Waals surface area contributed by atoms with Gasteiger partial charge < -0.3 is 15.3 Å². The molecular formula is C15H22O4. The Labute approximate surface area is 113 Å². The average molecular weight is 266 g/mol. The van der Waals surface area contributed by atoms with E-state index in [4.69, 9.17) is 5.11 Å². The summed E-state index contributed by atoms with van der Waals surface area (Å²) in [4.78, 5) is 11.8. The number of carbonyl (C=O) groups is 1. The lowest BCUT2D eigenvalue weighted by Gasteiger charge is -2.38. The Morgan fingerprint density at radius 2 is 2.11 bits per heavy atom. The Morgan fingerprint density at radius 1 is 1.47 bits per heavy atom. The van der Waals surface area contributed by atoms with Crippen LogP contribution in [0.2, 0.25) is 0 Å². The van der Waals surface area contributed by atoms with Crippen LogP contribution in [0.25, 0.3) is 0 Å². The van der Waals surface area contributed by atoms with Crippen LogP contribution in [0, 0.1) is 5.41 Å². The van der Waals surface area contributed by atoms with Gasteiger partial charge in [-0.15, -0.1) is 0 Å². The van der Waals surface area contributed by atoms with Crippen LogP contribution in [0.3, 0.4) is 0 Å². The predicted molar refractivity (Wildman–Crippen MR) is 73.5 cm³/mol. The number of Topliss-reactive ketones (excluding diaryl/α,β-unsaturated/α-hetero) is 1. The first-order valence-corrected chi connectivity index (χ1v) is 6.36. The van der Waals surface area contributed by atoms with Gasteiger partial charge in [0.05, 0.1) is 19.3 Å². The number of rotatable bonds is 4. The van der Waals surface area contributed by atoms with Crippen LogP contribution >= 0.6 is 0 Å². The van der Waals surface area contributed by atoms with Crippen molar-refractivity contribution in [2.24, 2.45) is 5.41 Å². The van der Waals surface area contributed by atoms with Crippen molar-refractivity contribution in [2.45, 2.75) is 33.3 Å². The summed E-state index contributed by atoms with van der Waals surface area (Å²) in [5.41, 5.74) is 1.27. The first-order chi connectivity index (χ1) is 8.86. The van der Waals surface area contributed by atoms with Gasteiger partial charge in [-0.25, -0.2) is 0 Å². The van der Waals surface area contributed by atoms with Crippen LogP contribution in [0.5, 0.6) is 0 Å². The van der Waals surface area contributed by atoms with Crippen LogP contribution in [0.1, 0.15) is 27.2 Å². The fourth-order valence-electron chi connectivity index (χ4n) is 2.24. The minimum absolute atomic E-state index is 0.0473. The highest BCUT2D eigenvalue weighted by Gasteiger charge is 2.41. The number of carbonyl (C=O) groups excluding carboxylic acids is 1. The molecule has 0 amide bonds. The average Bonchev–Trinajstić information content (AvgIpc) is 2.36. The molecule has 0 aromatic heterocycles. The Bertz CT molecular complexity index is 445. The molecule has 1 aliphatic carbocycles. The van der Waals surface area contributed by atoms with Crippen LogP contribution in [-0.4, -0.2) is 40.4 Å². The lowest BCUT2D eigenvalue weighted by atomic mass is 9.69. The Balaban J connectivity index is 3.21. The van der Waals surface area contributed by atoms with Crippen molar-refractivity contribution >= 4 is 5.78 Å². The van der Waals surface area contributed by atoms with Gasteiger partial charge in [0.15, 0.2) is 5.78 Å². The fraction of sp³-hybridized carbons (Fsp3) is 0.533. The molecule has 4 heteroatoms. The largest absolute Gasteiger partial charge is 0.395 e. The highest BCUT2D eigenvalue weighted by atomic mass is 16.3. The SMILES string of the molecule is CC1=C(C=C/C(C)=C/CO)[C@@](C)(CO)[C@@H](O)CC1=O. The molecule has 0 spiro atoms.